The summed E-state index contributed by atoms with van der Waals surface area (Å²) in [6.45, 7) is 7.51. The first-order valence-corrected chi connectivity index (χ1v) is 9.56. The Morgan fingerprint density at radius 2 is 1.71 bits per heavy atom. The zero-order chi connectivity index (χ0) is 17.6. The van der Waals surface area contributed by atoms with Gasteiger partial charge in [0.1, 0.15) is 5.82 Å². The molecule has 1 aliphatic rings. The van der Waals surface area contributed by atoms with E-state index in [1.54, 1.807) is 6.07 Å². The van der Waals surface area contributed by atoms with Crippen LogP contribution in [-0.4, -0.2) is 14.5 Å². The van der Waals surface area contributed by atoms with E-state index < -0.39 is 10.0 Å². The highest BCUT2D eigenvalue weighted by Crippen LogP contribution is 2.37. The SMILES string of the molecule is Cc1cc(C)c(S(=O)(=O)N2c3ccc(F)cc3CCC2C)c(C)c1. The topological polar surface area (TPSA) is 37.4 Å². The molecule has 3 nitrogen and oxygen atoms in total. The molecule has 0 amide bonds. The molecule has 0 aliphatic carbocycles. The fraction of sp³-hybridized carbons (Fsp3) is 0.368. The molecule has 1 atom stereocenters. The van der Waals surface area contributed by atoms with Gasteiger partial charge in [0.05, 0.1) is 10.6 Å². The van der Waals surface area contributed by atoms with Crippen molar-refractivity contribution in [2.75, 3.05) is 4.31 Å². The maximum absolute atomic E-state index is 13.5. The van der Waals surface area contributed by atoms with Crippen molar-refractivity contribution in [1.82, 2.24) is 0 Å². The second-order valence-corrected chi connectivity index (χ2v) is 8.44. The number of rotatable bonds is 2. The van der Waals surface area contributed by atoms with Gasteiger partial charge in [0.15, 0.2) is 0 Å². The molecule has 2 aromatic carbocycles. The van der Waals surface area contributed by atoms with Crippen molar-refractivity contribution < 1.29 is 12.8 Å². The van der Waals surface area contributed by atoms with Crippen LogP contribution in [0.3, 0.4) is 0 Å². The number of aryl methyl sites for hydroxylation is 4. The zero-order valence-electron chi connectivity index (χ0n) is 14.4. The lowest BCUT2D eigenvalue weighted by Crippen LogP contribution is -2.42. The van der Waals surface area contributed by atoms with Crippen LogP contribution in [0.25, 0.3) is 0 Å². The summed E-state index contributed by atoms with van der Waals surface area (Å²) in [5.74, 6) is -0.330. The Labute approximate surface area is 143 Å². The van der Waals surface area contributed by atoms with E-state index in [1.807, 2.05) is 39.8 Å². The van der Waals surface area contributed by atoms with Crippen molar-refractivity contribution in [3.8, 4) is 0 Å². The van der Waals surface area contributed by atoms with Crippen LogP contribution in [0.5, 0.6) is 0 Å². The van der Waals surface area contributed by atoms with Crippen molar-refractivity contribution in [3.05, 3.63) is 58.4 Å². The monoisotopic (exact) mass is 347 g/mol. The molecule has 24 heavy (non-hydrogen) atoms. The van der Waals surface area contributed by atoms with E-state index in [0.717, 1.165) is 22.3 Å². The first-order valence-electron chi connectivity index (χ1n) is 8.12. The van der Waals surface area contributed by atoms with E-state index >= 15 is 0 Å². The van der Waals surface area contributed by atoms with Crippen molar-refractivity contribution >= 4 is 15.7 Å². The molecule has 0 radical (unpaired) electrons. The fourth-order valence-corrected chi connectivity index (χ4v) is 5.87. The summed E-state index contributed by atoms with van der Waals surface area (Å²) in [6, 6.07) is 7.97. The van der Waals surface area contributed by atoms with Gasteiger partial charge in [-0.2, -0.15) is 0 Å². The molecule has 0 N–H and O–H groups in total. The first kappa shape index (κ1) is 17.0. The Morgan fingerprint density at radius 1 is 1.08 bits per heavy atom. The molecule has 0 aromatic heterocycles. The average Bonchev–Trinajstić information content (AvgIpc) is 2.45. The fourth-order valence-electron chi connectivity index (χ4n) is 3.73. The summed E-state index contributed by atoms with van der Waals surface area (Å²) in [7, 11) is -3.70. The highest BCUT2D eigenvalue weighted by atomic mass is 32.2. The molecule has 0 bridgehead atoms. The number of halogens is 1. The molecule has 2 aromatic rings. The van der Waals surface area contributed by atoms with Gasteiger partial charge in [-0.3, -0.25) is 4.31 Å². The lowest BCUT2D eigenvalue weighted by molar-refractivity contribution is 0.559. The lowest BCUT2D eigenvalue weighted by atomic mass is 9.99. The number of nitrogens with zero attached hydrogens (tertiary/aromatic N) is 1. The number of anilines is 1. The average molecular weight is 347 g/mol. The Balaban J connectivity index is 2.21. The van der Waals surface area contributed by atoms with Gasteiger partial charge in [0.2, 0.25) is 0 Å². The van der Waals surface area contributed by atoms with Gasteiger partial charge in [-0.05, 0) is 75.4 Å². The highest BCUT2D eigenvalue weighted by molar-refractivity contribution is 7.93. The van der Waals surface area contributed by atoms with Crippen LogP contribution in [0.1, 0.15) is 35.6 Å². The van der Waals surface area contributed by atoms with Gasteiger partial charge < -0.3 is 0 Å². The van der Waals surface area contributed by atoms with E-state index in [-0.39, 0.29) is 11.9 Å². The van der Waals surface area contributed by atoms with Crippen molar-refractivity contribution in [2.24, 2.45) is 0 Å². The Kier molecular flexibility index (Phi) is 4.16. The largest absolute Gasteiger partial charge is 0.265 e. The quantitative estimate of drug-likeness (QED) is 0.813. The van der Waals surface area contributed by atoms with Gasteiger partial charge >= 0.3 is 0 Å². The minimum absolute atomic E-state index is 0.159. The number of hydrogen-bond donors (Lipinski definition) is 0. The maximum Gasteiger partial charge on any atom is 0.265 e. The second-order valence-electron chi connectivity index (χ2n) is 6.69. The van der Waals surface area contributed by atoms with Gasteiger partial charge in [0, 0.05) is 6.04 Å². The van der Waals surface area contributed by atoms with E-state index in [9.17, 15) is 12.8 Å². The molecule has 1 unspecified atom stereocenters. The summed E-state index contributed by atoms with van der Waals surface area (Å²) in [5, 5.41) is 0. The standard InChI is InChI=1S/C19H22FNO2S/c1-12-9-13(2)19(14(3)10-12)24(22,23)21-15(4)5-6-16-11-17(20)7-8-18(16)21/h7-11,15H,5-6H2,1-4H3. The van der Waals surface area contributed by atoms with Crippen LogP contribution in [0.4, 0.5) is 10.1 Å². The van der Waals surface area contributed by atoms with E-state index in [1.165, 1.54) is 16.4 Å². The predicted molar refractivity (Wildman–Crippen MR) is 94.5 cm³/mol. The van der Waals surface area contributed by atoms with Crippen LogP contribution in [0.2, 0.25) is 0 Å². The maximum atomic E-state index is 13.5. The molecule has 0 spiro atoms. The number of benzene rings is 2. The summed E-state index contributed by atoms with van der Waals surface area (Å²) in [5.41, 5.74) is 3.87. The van der Waals surface area contributed by atoms with Gasteiger partial charge in [-0.15, -0.1) is 0 Å². The summed E-state index contributed by atoms with van der Waals surface area (Å²) in [4.78, 5) is 0.358. The van der Waals surface area contributed by atoms with Gasteiger partial charge in [-0.25, -0.2) is 12.8 Å². The Morgan fingerprint density at radius 3 is 2.33 bits per heavy atom. The molecule has 3 rings (SSSR count). The third kappa shape index (κ3) is 2.71. The minimum Gasteiger partial charge on any atom is -0.263 e. The number of sulfonamides is 1. The van der Waals surface area contributed by atoms with Gasteiger partial charge in [0.25, 0.3) is 10.0 Å². The Bertz CT molecular complexity index is 883. The van der Waals surface area contributed by atoms with Crippen LogP contribution >= 0.6 is 0 Å². The van der Waals surface area contributed by atoms with Crippen LogP contribution in [0.15, 0.2) is 35.2 Å². The van der Waals surface area contributed by atoms with E-state index in [2.05, 4.69) is 0 Å². The third-order valence-corrected chi connectivity index (χ3v) is 6.87. The van der Waals surface area contributed by atoms with E-state index in [4.69, 9.17) is 0 Å². The van der Waals surface area contributed by atoms with Crippen LogP contribution < -0.4 is 4.31 Å². The summed E-state index contributed by atoms with van der Waals surface area (Å²) in [6.07, 6.45) is 1.37. The molecule has 1 aliphatic heterocycles. The van der Waals surface area contributed by atoms with Crippen LogP contribution in [0, 0.1) is 26.6 Å². The summed E-state index contributed by atoms with van der Waals surface area (Å²) < 4.78 is 41.9. The lowest BCUT2D eigenvalue weighted by Gasteiger charge is -2.36. The smallest absolute Gasteiger partial charge is 0.263 e. The number of fused-ring (bicyclic) bond motifs is 1. The van der Waals surface area contributed by atoms with E-state index in [0.29, 0.717) is 23.4 Å². The molecule has 0 fully saturated rings. The Hall–Kier alpha value is -1.88. The second kappa shape index (κ2) is 5.88. The minimum atomic E-state index is -3.70. The van der Waals surface area contributed by atoms with Crippen molar-refractivity contribution in [2.45, 2.75) is 51.5 Å². The normalized spacial score (nSPS) is 17.7. The van der Waals surface area contributed by atoms with Crippen LogP contribution in [-0.2, 0) is 16.4 Å². The predicted octanol–water partition coefficient (Wildman–Crippen LogP) is 4.28. The first-order chi connectivity index (χ1) is 11.2. The molecule has 128 valence electrons. The molecular weight excluding hydrogens is 325 g/mol. The summed E-state index contributed by atoms with van der Waals surface area (Å²) >= 11 is 0. The number of hydrogen-bond acceptors (Lipinski definition) is 2. The third-order valence-electron chi connectivity index (χ3n) is 4.63. The van der Waals surface area contributed by atoms with Crippen molar-refractivity contribution in [1.29, 1.82) is 0 Å². The molecule has 5 heteroatoms. The molecule has 0 saturated carbocycles. The molecular formula is C19H22FNO2S. The molecule has 1 heterocycles. The van der Waals surface area contributed by atoms with Crippen molar-refractivity contribution in [3.63, 3.8) is 0 Å². The zero-order valence-corrected chi connectivity index (χ0v) is 15.2. The highest BCUT2D eigenvalue weighted by Gasteiger charge is 2.35. The molecule has 0 saturated heterocycles. The van der Waals surface area contributed by atoms with Gasteiger partial charge in [-0.1, -0.05) is 17.7 Å².